The van der Waals surface area contributed by atoms with E-state index in [1.54, 1.807) is 0 Å². The highest BCUT2D eigenvalue weighted by Crippen LogP contribution is 2.34. The van der Waals surface area contributed by atoms with Crippen molar-refractivity contribution in [2.45, 2.75) is 63.6 Å². The maximum absolute atomic E-state index is 13.5. The summed E-state index contributed by atoms with van der Waals surface area (Å²) in [5.74, 6) is 1.70. The summed E-state index contributed by atoms with van der Waals surface area (Å²) >= 11 is 0. The number of benzene rings is 3. The van der Waals surface area contributed by atoms with E-state index in [-0.39, 0.29) is 11.9 Å². The zero-order chi connectivity index (χ0) is 30.9. The van der Waals surface area contributed by atoms with Crippen LogP contribution in [0, 0.1) is 0 Å². The number of rotatable bonds is 8. The van der Waals surface area contributed by atoms with Crippen molar-refractivity contribution in [3.63, 3.8) is 0 Å². The Labute approximate surface area is 262 Å². The van der Waals surface area contributed by atoms with Crippen LogP contribution in [-0.2, 0) is 9.53 Å². The topological polar surface area (TPSA) is 128 Å². The Kier molecular flexibility index (Phi) is 7.97. The molecule has 2 aromatic heterocycles. The summed E-state index contributed by atoms with van der Waals surface area (Å²) in [5, 5.41) is 8.56. The Hall–Kier alpha value is -4.70. The predicted molar refractivity (Wildman–Crippen MR) is 175 cm³/mol. The number of alkyl carbamates (subject to hydrolysis) is 1. The van der Waals surface area contributed by atoms with Gasteiger partial charge < -0.3 is 30.2 Å². The SMILES string of the molecule is CCC[C@H](NC(=O)OC)C(=O)N1CCC[C@H]1c1nc2ccc(-c3ccc4cc(-c5cnc([C@@H]6CCCN6)[nH]5)ccc4c3)cc2[nH]1. The van der Waals surface area contributed by atoms with Crippen molar-refractivity contribution in [3.8, 4) is 22.4 Å². The van der Waals surface area contributed by atoms with Gasteiger partial charge in [-0.15, -0.1) is 0 Å². The Morgan fingerprint density at radius 1 is 0.978 bits per heavy atom. The highest BCUT2D eigenvalue weighted by Gasteiger charge is 2.36. The third kappa shape index (κ3) is 5.78. The van der Waals surface area contributed by atoms with Gasteiger partial charge in [-0.05, 0) is 84.8 Å². The van der Waals surface area contributed by atoms with Crippen LogP contribution in [0.1, 0.15) is 69.2 Å². The average Bonchev–Trinajstić information content (AvgIpc) is 3.89. The second-order valence-electron chi connectivity index (χ2n) is 12.1. The third-order valence-electron chi connectivity index (χ3n) is 9.18. The molecule has 7 rings (SSSR count). The summed E-state index contributed by atoms with van der Waals surface area (Å²) in [6, 6.07) is 18.9. The average molecular weight is 606 g/mol. The number of hydrogen-bond donors (Lipinski definition) is 4. The summed E-state index contributed by atoms with van der Waals surface area (Å²) in [6.45, 7) is 3.67. The van der Waals surface area contributed by atoms with Crippen LogP contribution in [0.4, 0.5) is 4.79 Å². The highest BCUT2D eigenvalue weighted by atomic mass is 16.5. The van der Waals surface area contributed by atoms with Crippen LogP contribution in [-0.4, -0.2) is 63.1 Å². The van der Waals surface area contributed by atoms with E-state index in [1.807, 2.05) is 24.1 Å². The summed E-state index contributed by atoms with van der Waals surface area (Å²) in [4.78, 5) is 43.8. The van der Waals surface area contributed by atoms with Crippen LogP contribution >= 0.6 is 0 Å². The first-order chi connectivity index (χ1) is 22.0. The van der Waals surface area contributed by atoms with E-state index < -0.39 is 12.1 Å². The molecule has 0 radical (unpaired) electrons. The van der Waals surface area contributed by atoms with Gasteiger partial charge in [-0.3, -0.25) is 4.79 Å². The van der Waals surface area contributed by atoms with Crippen molar-refractivity contribution in [3.05, 3.63) is 72.4 Å². The van der Waals surface area contributed by atoms with Crippen molar-refractivity contribution < 1.29 is 14.3 Å². The largest absolute Gasteiger partial charge is 0.453 e. The third-order valence-corrected chi connectivity index (χ3v) is 9.18. The van der Waals surface area contributed by atoms with E-state index in [1.165, 1.54) is 24.3 Å². The molecule has 45 heavy (non-hydrogen) atoms. The molecule has 0 spiro atoms. The minimum atomic E-state index is -0.616. The molecule has 0 bridgehead atoms. The summed E-state index contributed by atoms with van der Waals surface area (Å²) in [5.41, 5.74) is 6.17. The number of nitrogens with one attached hydrogen (secondary N) is 4. The van der Waals surface area contributed by atoms with Gasteiger partial charge in [0.2, 0.25) is 5.91 Å². The Morgan fingerprint density at radius 3 is 2.53 bits per heavy atom. The number of hydrogen-bond acceptors (Lipinski definition) is 6. The first kappa shape index (κ1) is 29.0. The molecule has 2 amide bonds. The lowest BCUT2D eigenvalue weighted by Crippen LogP contribution is -2.48. The molecule has 0 saturated carbocycles. The molecule has 10 nitrogen and oxygen atoms in total. The lowest BCUT2D eigenvalue weighted by molar-refractivity contribution is -0.134. The maximum Gasteiger partial charge on any atom is 0.407 e. The van der Waals surface area contributed by atoms with Crippen LogP contribution in [0.2, 0.25) is 0 Å². The minimum absolute atomic E-state index is 0.0935. The van der Waals surface area contributed by atoms with E-state index in [0.29, 0.717) is 19.0 Å². The summed E-state index contributed by atoms with van der Waals surface area (Å²) in [7, 11) is 1.31. The molecule has 2 aliphatic rings. The highest BCUT2D eigenvalue weighted by molar-refractivity contribution is 5.92. The normalized spacial score (nSPS) is 18.9. The molecule has 2 saturated heterocycles. The van der Waals surface area contributed by atoms with E-state index in [9.17, 15) is 9.59 Å². The van der Waals surface area contributed by atoms with E-state index >= 15 is 0 Å². The number of carbonyl (C=O) groups excluding carboxylic acids is 2. The molecule has 0 unspecified atom stereocenters. The number of carbonyl (C=O) groups is 2. The predicted octanol–water partition coefficient (Wildman–Crippen LogP) is 6.39. The van der Waals surface area contributed by atoms with E-state index in [0.717, 1.165) is 77.3 Å². The van der Waals surface area contributed by atoms with Gasteiger partial charge >= 0.3 is 6.09 Å². The molecular weight excluding hydrogens is 566 g/mol. The quantitative estimate of drug-likeness (QED) is 0.162. The van der Waals surface area contributed by atoms with E-state index in [4.69, 9.17) is 9.72 Å². The zero-order valence-electron chi connectivity index (χ0n) is 25.7. The standard InChI is InChI=1S/C35H39N7O3/c1-3-6-28(41-35(44)45-2)34(43)42-16-5-8-31(42)33-38-26-14-13-24(19-29(26)39-33)22-9-10-23-18-25(12-11-21(23)17-22)30-20-37-32(40-30)27-7-4-15-36-27/h9-14,17-20,27-28,31,36H,3-8,15-16H2,1-2H3,(H,37,40)(H,38,39)(H,41,44)/t27-,28-,31-/m0/s1. The molecule has 2 fully saturated rings. The molecule has 4 N–H and O–H groups in total. The van der Waals surface area contributed by atoms with Crippen LogP contribution in [0.25, 0.3) is 44.2 Å². The number of aromatic amines is 2. The van der Waals surface area contributed by atoms with Crippen LogP contribution in [0.3, 0.4) is 0 Å². The summed E-state index contributed by atoms with van der Waals surface area (Å²) in [6.07, 6.45) is 6.67. The van der Waals surface area contributed by atoms with Crippen LogP contribution in [0.5, 0.6) is 0 Å². The fraction of sp³-hybridized carbons (Fsp3) is 0.371. The van der Waals surface area contributed by atoms with Gasteiger partial charge in [0.05, 0.1) is 42.1 Å². The second-order valence-corrected chi connectivity index (χ2v) is 12.1. The maximum atomic E-state index is 13.5. The number of aromatic nitrogens is 4. The number of fused-ring (bicyclic) bond motifs is 2. The van der Waals surface area contributed by atoms with E-state index in [2.05, 4.69) is 74.1 Å². The van der Waals surface area contributed by atoms with Crippen molar-refractivity contribution in [2.24, 2.45) is 0 Å². The molecule has 3 aromatic carbocycles. The number of ether oxygens (including phenoxy) is 1. The number of likely N-dealkylation sites (tertiary alicyclic amines) is 1. The number of H-pyrrole nitrogens is 2. The fourth-order valence-electron chi connectivity index (χ4n) is 6.80. The van der Waals surface area contributed by atoms with Crippen molar-refractivity contribution >= 4 is 33.8 Å². The molecule has 3 atom stereocenters. The number of nitrogens with zero attached hydrogens (tertiary/aromatic N) is 3. The second kappa shape index (κ2) is 12.4. The first-order valence-corrected chi connectivity index (χ1v) is 16.0. The van der Waals surface area contributed by atoms with Crippen LogP contribution in [0.15, 0.2) is 60.8 Å². The first-order valence-electron chi connectivity index (χ1n) is 16.0. The lowest BCUT2D eigenvalue weighted by atomic mass is 9.99. The summed E-state index contributed by atoms with van der Waals surface area (Å²) < 4.78 is 4.76. The smallest absolute Gasteiger partial charge is 0.407 e. The molecule has 0 aliphatic carbocycles. The van der Waals surface area contributed by atoms with Crippen molar-refractivity contribution in [1.29, 1.82) is 0 Å². The number of imidazole rings is 2. The minimum Gasteiger partial charge on any atom is -0.453 e. The van der Waals surface area contributed by atoms with Gasteiger partial charge in [0.15, 0.2) is 0 Å². The van der Waals surface area contributed by atoms with Gasteiger partial charge in [-0.2, -0.15) is 0 Å². The van der Waals surface area contributed by atoms with Crippen molar-refractivity contribution in [1.82, 2.24) is 35.5 Å². The van der Waals surface area contributed by atoms with Crippen molar-refractivity contribution in [2.75, 3.05) is 20.2 Å². The molecule has 4 heterocycles. The molecule has 232 valence electrons. The number of methoxy groups -OCH3 is 1. The molecule has 5 aromatic rings. The Bertz CT molecular complexity index is 1850. The Balaban J connectivity index is 1.11. The molecule has 10 heteroatoms. The Morgan fingerprint density at radius 2 is 1.76 bits per heavy atom. The number of amides is 2. The van der Waals surface area contributed by atoms with Crippen LogP contribution < -0.4 is 10.6 Å². The monoisotopic (exact) mass is 605 g/mol. The van der Waals surface area contributed by atoms with Gasteiger partial charge in [0.1, 0.15) is 17.7 Å². The lowest BCUT2D eigenvalue weighted by Gasteiger charge is -2.28. The fourth-order valence-corrected chi connectivity index (χ4v) is 6.80. The molecule has 2 aliphatic heterocycles. The molecular formula is C35H39N7O3. The van der Waals surface area contributed by atoms with Gasteiger partial charge in [0, 0.05) is 12.1 Å². The van der Waals surface area contributed by atoms with Gasteiger partial charge in [-0.1, -0.05) is 43.7 Å². The zero-order valence-corrected chi connectivity index (χ0v) is 25.7. The van der Waals surface area contributed by atoms with Gasteiger partial charge in [-0.25, -0.2) is 14.8 Å². The van der Waals surface area contributed by atoms with Gasteiger partial charge in [0.25, 0.3) is 0 Å².